The molecule has 0 spiro atoms. The maximum absolute atomic E-state index is 10.8. The molecule has 0 aliphatic carbocycles. The Labute approximate surface area is 109 Å². The Morgan fingerprint density at radius 3 is 2.61 bits per heavy atom. The van der Waals surface area contributed by atoms with Gasteiger partial charge in [-0.3, -0.25) is 4.68 Å². The topological polar surface area (TPSA) is 76.0 Å². The predicted molar refractivity (Wildman–Crippen MR) is 71.9 cm³/mol. The first kappa shape index (κ1) is 15.1. The lowest BCUT2D eigenvalue weighted by molar-refractivity contribution is 0.365. The molecule has 2 N–H and O–H groups in total. The number of nitrogens with zero attached hydrogens (tertiary/aromatic N) is 2. The van der Waals surface area contributed by atoms with Crippen molar-refractivity contribution in [3.05, 3.63) is 18.5 Å². The van der Waals surface area contributed by atoms with E-state index in [1.807, 2.05) is 16.9 Å². The third kappa shape index (κ3) is 5.61. The fourth-order valence-electron chi connectivity index (χ4n) is 1.60. The van der Waals surface area contributed by atoms with E-state index in [1.165, 1.54) is 6.26 Å². The van der Waals surface area contributed by atoms with Crippen LogP contribution in [0.5, 0.6) is 0 Å². The minimum Gasteiger partial charge on any atom is -0.312 e. The number of hydrogen-bond acceptors (Lipinski definition) is 4. The molecule has 6 nitrogen and oxygen atoms in total. The molecule has 0 saturated carbocycles. The summed E-state index contributed by atoms with van der Waals surface area (Å²) in [5.41, 5.74) is 0. The van der Waals surface area contributed by atoms with E-state index in [0.717, 1.165) is 13.0 Å². The van der Waals surface area contributed by atoms with Crippen LogP contribution in [0.2, 0.25) is 0 Å². The van der Waals surface area contributed by atoms with Gasteiger partial charge in [0.15, 0.2) is 0 Å². The molecule has 0 radical (unpaired) electrons. The lowest BCUT2D eigenvalue weighted by Crippen LogP contribution is -2.36. The number of rotatable bonds is 8. The lowest BCUT2D eigenvalue weighted by Gasteiger charge is -2.21. The van der Waals surface area contributed by atoms with Gasteiger partial charge in [0.1, 0.15) is 0 Å². The summed E-state index contributed by atoms with van der Waals surface area (Å²) in [6.45, 7) is 5.43. The Balaban J connectivity index is 2.19. The van der Waals surface area contributed by atoms with Crippen LogP contribution in [0, 0.1) is 0 Å². The normalized spacial score (nSPS) is 15.5. The van der Waals surface area contributed by atoms with E-state index in [-0.39, 0.29) is 12.1 Å². The first-order valence-electron chi connectivity index (χ1n) is 6.07. The summed E-state index contributed by atoms with van der Waals surface area (Å²) >= 11 is 0. The van der Waals surface area contributed by atoms with Gasteiger partial charge in [0.25, 0.3) is 0 Å². The average molecular weight is 274 g/mol. The second-order valence-corrected chi connectivity index (χ2v) is 6.32. The van der Waals surface area contributed by atoms with E-state index in [1.54, 1.807) is 6.20 Å². The standard InChI is InChI=1S/C11H22N4O2S/c1-10(11(2)15-9-5-7-13-15)12-6-4-8-14-18(3,16)17/h5,7,9-12,14H,4,6,8H2,1-3H3/t10-,11+/m1/s1. The fourth-order valence-corrected chi connectivity index (χ4v) is 2.11. The highest BCUT2D eigenvalue weighted by Crippen LogP contribution is 2.08. The molecule has 0 aliphatic heterocycles. The Bertz CT molecular complexity index is 430. The van der Waals surface area contributed by atoms with Crippen molar-refractivity contribution in [3.8, 4) is 0 Å². The summed E-state index contributed by atoms with van der Waals surface area (Å²) in [6.07, 6.45) is 5.64. The van der Waals surface area contributed by atoms with Gasteiger partial charge in [-0.1, -0.05) is 0 Å². The van der Waals surface area contributed by atoms with Crippen molar-refractivity contribution in [2.45, 2.75) is 32.4 Å². The van der Waals surface area contributed by atoms with Crippen molar-refractivity contribution in [1.82, 2.24) is 19.8 Å². The molecule has 1 heterocycles. The highest BCUT2D eigenvalue weighted by Gasteiger charge is 2.12. The van der Waals surface area contributed by atoms with Gasteiger partial charge >= 0.3 is 0 Å². The zero-order valence-corrected chi connectivity index (χ0v) is 11.9. The number of hydrogen-bond donors (Lipinski definition) is 2. The molecule has 7 heteroatoms. The van der Waals surface area contributed by atoms with E-state index in [4.69, 9.17) is 0 Å². The fraction of sp³-hybridized carbons (Fsp3) is 0.727. The van der Waals surface area contributed by atoms with Crippen LogP contribution in [-0.2, 0) is 10.0 Å². The molecule has 0 unspecified atom stereocenters. The molecule has 0 fully saturated rings. The summed E-state index contributed by atoms with van der Waals surface area (Å²) in [7, 11) is -3.07. The van der Waals surface area contributed by atoms with Gasteiger partial charge in [-0.2, -0.15) is 5.10 Å². The maximum atomic E-state index is 10.8. The highest BCUT2D eigenvalue weighted by atomic mass is 32.2. The molecule has 0 amide bonds. The third-order valence-electron chi connectivity index (χ3n) is 2.85. The van der Waals surface area contributed by atoms with Crippen molar-refractivity contribution >= 4 is 10.0 Å². The Hall–Kier alpha value is -0.920. The number of nitrogens with one attached hydrogen (secondary N) is 2. The summed E-state index contributed by atoms with van der Waals surface area (Å²) in [4.78, 5) is 0. The molecule has 1 aromatic heterocycles. The van der Waals surface area contributed by atoms with E-state index in [9.17, 15) is 8.42 Å². The first-order valence-corrected chi connectivity index (χ1v) is 7.96. The molecule has 1 rings (SSSR count). The van der Waals surface area contributed by atoms with E-state index in [0.29, 0.717) is 6.54 Å². The van der Waals surface area contributed by atoms with Crippen LogP contribution < -0.4 is 10.0 Å². The van der Waals surface area contributed by atoms with Crippen molar-refractivity contribution < 1.29 is 8.42 Å². The Morgan fingerprint density at radius 1 is 1.33 bits per heavy atom. The molecule has 104 valence electrons. The molecular formula is C11H22N4O2S. The van der Waals surface area contributed by atoms with Crippen molar-refractivity contribution in [1.29, 1.82) is 0 Å². The van der Waals surface area contributed by atoms with Gasteiger partial charge in [0, 0.05) is 25.0 Å². The second-order valence-electron chi connectivity index (χ2n) is 4.49. The van der Waals surface area contributed by atoms with Crippen molar-refractivity contribution in [2.24, 2.45) is 0 Å². The molecule has 0 bridgehead atoms. The quantitative estimate of drug-likeness (QED) is 0.671. The van der Waals surface area contributed by atoms with Crippen LogP contribution in [0.4, 0.5) is 0 Å². The molecule has 0 aromatic carbocycles. The first-order chi connectivity index (χ1) is 8.40. The van der Waals surface area contributed by atoms with Crippen LogP contribution in [0.25, 0.3) is 0 Å². The van der Waals surface area contributed by atoms with E-state index in [2.05, 4.69) is 29.0 Å². The van der Waals surface area contributed by atoms with Gasteiger partial charge in [-0.05, 0) is 32.9 Å². The van der Waals surface area contributed by atoms with E-state index >= 15 is 0 Å². The molecule has 0 aliphatic rings. The van der Waals surface area contributed by atoms with Crippen molar-refractivity contribution in [3.63, 3.8) is 0 Å². The number of aromatic nitrogens is 2. The number of sulfonamides is 1. The lowest BCUT2D eigenvalue weighted by atomic mass is 10.1. The summed E-state index contributed by atoms with van der Waals surface area (Å²) in [5, 5.41) is 7.56. The van der Waals surface area contributed by atoms with Crippen molar-refractivity contribution in [2.75, 3.05) is 19.3 Å². The highest BCUT2D eigenvalue weighted by molar-refractivity contribution is 7.88. The van der Waals surface area contributed by atoms with Gasteiger partial charge < -0.3 is 5.32 Å². The van der Waals surface area contributed by atoms with Gasteiger partial charge in [-0.15, -0.1) is 0 Å². The van der Waals surface area contributed by atoms with Gasteiger partial charge in [0.05, 0.1) is 12.3 Å². The van der Waals surface area contributed by atoms with Crippen LogP contribution in [0.3, 0.4) is 0 Å². The predicted octanol–water partition coefficient (Wildman–Crippen LogP) is 0.362. The average Bonchev–Trinajstić information content (AvgIpc) is 2.79. The minimum atomic E-state index is -3.07. The molecule has 1 aromatic rings. The van der Waals surface area contributed by atoms with E-state index < -0.39 is 10.0 Å². The summed E-state index contributed by atoms with van der Waals surface area (Å²) < 4.78 is 26.1. The largest absolute Gasteiger partial charge is 0.312 e. The smallest absolute Gasteiger partial charge is 0.208 e. The maximum Gasteiger partial charge on any atom is 0.208 e. The molecule has 2 atom stereocenters. The van der Waals surface area contributed by atoms with Gasteiger partial charge in [-0.25, -0.2) is 13.1 Å². The third-order valence-corrected chi connectivity index (χ3v) is 3.58. The van der Waals surface area contributed by atoms with Crippen LogP contribution in [0.15, 0.2) is 18.5 Å². The minimum absolute atomic E-state index is 0.267. The zero-order chi connectivity index (χ0) is 13.6. The molecular weight excluding hydrogens is 252 g/mol. The van der Waals surface area contributed by atoms with Gasteiger partial charge in [0.2, 0.25) is 10.0 Å². The molecule has 18 heavy (non-hydrogen) atoms. The van der Waals surface area contributed by atoms with Crippen LogP contribution in [-0.4, -0.2) is 43.6 Å². The van der Waals surface area contributed by atoms with Crippen LogP contribution in [0.1, 0.15) is 26.3 Å². The SMILES string of the molecule is C[C@@H](NCCCNS(C)(=O)=O)[C@H](C)n1cccn1. The second kappa shape index (κ2) is 6.86. The van der Waals surface area contributed by atoms with Crippen LogP contribution >= 0.6 is 0 Å². The summed E-state index contributed by atoms with van der Waals surface area (Å²) in [6, 6.07) is 2.45. The zero-order valence-electron chi connectivity index (χ0n) is 11.1. The molecule has 0 saturated heterocycles. The summed E-state index contributed by atoms with van der Waals surface area (Å²) in [5.74, 6) is 0. The Morgan fingerprint density at radius 2 is 2.06 bits per heavy atom. The monoisotopic (exact) mass is 274 g/mol. The Kier molecular flexibility index (Phi) is 5.77.